The summed E-state index contributed by atoms with van der Waals surface area (Å²) in [5.41, 5.74) is 0.338. The van der Waals surface area contributed by atoms with Crippen molar-refractivity contribution in [3.63, 3.8) is 0 Å². The van der Waals surface area contributed by atoms with Gasteiger partial charge in [0.2, 0.25) is 0 Å². The van der Waals surface area contributed by atoms with E-state index in [1.807, 2.05) is 0 Å². The van der Waals surface area contributed by atoms with Crippen LogP contribution in [0.2, 0.25) is 0 Å². The maximum Gasteiger partial charge on any atom is 0.0243 e. The molecule has 0 aliphatic carbocycles. The molecule has 0 amide bonds. The summed E-state index contributed by atoms with van der Waals surface area (Å²) in [6.45, 7) is 22.5. The summed E-state index contributed by atoms with van der Waals surface area (Å²) >= 11 is 0. The second kappa shape index (κ2) is 8.35. The fourth-order valence-corrected chi connectivity index (χ4v) is 2.89. The first-order valence-corrected chi connectivity index (χ1v) is 8.51. The third-order valence-corrected chi connectivity index (χ3v) is 4.22. The molecule has 1 heterocycles. The first-order chi connectivity index (χ1) is 9.32. The third-order valence-electron chi connectivity index (χ3n) is 4.22. The largest absolute Gasteiger partial charge is 0.312 e. The molecule has 1 saturated heterocycles. The summed E-state index contributed by atoms with van der Waals surface area (Å²) in [4.78, 5) is 5.27. The van der Waals surface area contributed by atoms with Crippen LogP contribution in [-0.4, -0.2) is 61.7 Å². The predicted octanol–water partition coefficient (Wildman–Crippen LogP) is 2.67. The SMILES string of the molecule is CCCNC(CN1CCN(CC(C)C)CC1)C(C)(C)C. The van der Waals surface area contributed by atoms with Crippen molar-refractivity contribution in [1.29, 1.82) is 0 Å². The molecule has 0 bridgehead atoms. The van der Waals surface area contributed by atoms with Crippen molar-refractivity contribution >= 4 is 0 Å². The Labute approximate surface area is 127 Å². The highest BCUT2D eigenvalue weighted by molar-refractivity contribution is 4.85. The van der Waals surface area contributed by atoms with Gasteiger partial charge < -0.3 is 10.2 Å². The van der Waals surface area contributed by atoms with E-state index in [9.17, 15) is 0 Å². The molecule has 3 nitrogen and oxygen atoms in total. The highest BCUT2D eigenvalue weighted by Crippen LogP contribution is 2.21. The molecule has 0 aromatic rings. The number of rotatable bonds is 7. The quantitative estimate of drug-likeness (QED) is 0.775. The molecule has 0 aromatic carbocycles. The molecule has 3 heteroatoms. The molecule has 0 radical (unpaired) electrons. The van der Waals surface area contributed by atoms with Crippen LogP contribution >= 0.6 is 0 Å². The Kier molecular flexibility index (Phi) is 7.49. The van der Waals surface area contributed by atoms with Crippen molar-refractivity contribution in [2.75, 3.05) is 45.8 Å². The lowest BCUT2D eigenvalue weighted by atomic mass is 9.86. The third kappa shape index (κ3) is 6.55. The second-order valence-corrected chi connectivity index (χ2v) is 7.87. The van der Waals surface area contributed by atoms with Crippen molar-refractivity contribution in [3.8, 4) is 0 Å². The van der Waals surface area contributed by atoms with Crippen LogP contribution in [0.1, 0.15) is 48.0 Å². The second-order valence-electron chi connectivity index (χ2n) is 7.87. The normalized spacial score (nSPS) is 20.6. The fourth-order valence-electron chi connectivity index (χ4n) is 2.89. The number of hydrogen-bond donors (Lipinski definition) is 1. The van der Waals surface area contributed by atoms with Crippen LogP contribution in [0.15, 0.2) is 0 Å². The molecule has 1 unspecified atom stereocenters. The monoisotopic (exact) mass is 283 g/mol. The molecule has 20 heavy (non-hydrogen) atoms. The molecule has 1 rings (SSSR count). The van der Waals surface area contributed by atoms with E-state index in [0.29, 0.717) is 11.5 Å². The van der Waals surface area contributed by atoms with Gasteiger partial charge in [0.05, 0.1) is 0 Å². The van der Waals surface area contributed by atoms with Crippen molar-refractivity contribution in [3.05, 3.63) is 0 Å². The molecule has 0 saturated carbocycles. The molecule has 1 atom stereocenters. The zero-order chi connectivity index (χ0) is 15.2. The molecule has 1 aliphatic heterocycles. The summed E-state index contributed by atoms with van der Waals surface area (Å²) in [5, 5.41) is 3.74. The van der Waals surface area contributed by atoms with Crippen LogP contribution in [0, 0.1) is 11.3 Å². The minimum atomic E-state index is 0.338. The smallest absolute Gasteiger partial charge is 0.0243 e. The van der Waals surface area contributed by atoms with E-state index in [2.05, 4.69) is 56.7 Å². The van der Waals surface area contributed by atoms with Crippen LogP contribution in [-0.2, 0) is 0 Å². The van der Waals surface area contributed by atoms with Gasteiger partial charge in [-0.25, -0.2) is 0 Å². The Bertz CT molecular complexity index is 249. The van der Waals surface area contributed by atoms with Gasteiger partial charge in [0.25, 0.3) is 0 Å². The van der Waals surface area contributed by atoms with Crippen LogP contribution in [0.3, 0.4) is 0 Å². The Morgan fingerprint density at radius 1 is 0.950 bits per heavy atom. The maximum absolute atomic E-state index is 3.74. The van der Waals surface area contributed by atoms with Gasteiger partial charge in [-0.15, -0.1) is 0 Å². The highest BCUT2D eigenvalue weighted by atomic mass is 15.3. The van der Waals surface area contributed by atoms with E-state index in [4.69, 9.17) is 0 Å². The molecule has 120 valence electrons. The van der Waals surface area contributed by atoms with Gasteiger partial charge in [-0.1, -0.05) is 41.5 Å². The molecular weight excluding hydrogens is 246 g/mol. The van der Waals surface area contributed by atoms with E-state index < -0.39 is 0 Å². The van der Waals surface area contributed by atoms with Crippen LogP contribution in [0.4, 0.5) is 0 Å². The van der Waals surface area contributed by atoms with Gasteiger partial charge in [-0.05, 0) is 24.3 Å². The van der Waals surface area contributed by atoms with Gasteiger partial charge in [-0.3, -0.25) is 4.90 Å². The Hall–Kier alpha value is -0.120. The maximum atomic E-state index is 3.74. The van der Waals surface area contributed by atoms with E-state index in [1.165, 1.54) is 45.7 Å². The Morgan fingerprint density at radius 3 is 1.85 bits per heavy atom. The molecule has 1 fully saturated rings. The van der Waals surface area contributed by atoms with Gasteiger partial charge in [0, 0.05) is 45.3 Å². The minimum Gasteiger partial charge on any atom is -0.312 e. The molecule has 1 aliphatic rings. The lowest BCUT2D eigenvalue weighted by Gasteiger charge is -2.40. The van der Waals surface area contributed by atoms with Crippen LogP contribution in [0.25, 0.3) is 0 Å². The average Bonchev–Trinajstić information content (AvgIpc) is 2.34. The summed E-state index contributed by atoms with van der Waals surface area (Å²) < 4.78 is 0. The summed E-state index contributed by atoms with van der Waals surface area (Å²) in [7, 11) is 0. The first-order valence-electron chi connectivity index (χ1n) is 8.51. The van der Waals surface area contributed by atoms with Crippen molar-refractivity contribution in [2.24, 2.45) is 11.3 Å². The van der Waals surface area contributed by atoms with Crippen molar-refractivity contribution in [1.82, 2.24) is 15.1 Å². The lowest BCUT2D eigenvalue weighted by molar-refractivity contribution is 0.0960. The number of hydrogen-bond acceptors (Lipinski definition) is 3. The molecule has 1 N–H and O–H groups in total. The predicted molar refractivity (Wildman–Crippen MR) is 89.3 cm³/mol. The average molecular weight is 284 g/mol. The van der Waals surface area contributed by atoms with E-state index >= 15 is 0 Å². The van der Waals surface area contributed by atoms with Gasteiger partial charge in [0.15, 0.2) is 0 Å². The number of nitrogens with zero attached hydrogens (tertiary/aromatic N) is 2. The zero-order valence-corrected chi connectivity index (χ0v) is 14.7. The number of nitrogens with one attached hydrogen (secondary N) is 1. The summed E-state index contributed by atoms with van der Waals surface area (Å²) in [5.74, 6) is 0.787. The molecule has 0 spiro atoms. The first kappa shape index (κ1) is 17.9. The van der Waals surface area contributed by atoms with E-state index in [1.54, 1.807) is 0 Å². The van der Waals surface area contributed by atoms with Gasteiger partial charge >= 0.3 is 0 Å². The lowest BCUT2D eigenvalue weighted by Crippen LogP contribution is -2.54. The standard InChI is InChI=1S/C17H37N3/c1-7-8-18-16(17(4,5)6)14-20-11-9-19(10-12-20)13-15(2)3/h15-16,18H,7-14H2,1-6H3. The van der Waals surface area contributed by atoms with Crippen LogP contribution < -0.4 is 5.32 Å². The number of piperazine rings is 1. The molecule has 0 aromatic heterocycles. The summed E-state index contributed by atoms with van der Waals surface area (Å²) in [6, 6.07) is 0.596. The van der Waals surface area contributed by atoms with Crippen molar-refractivity contribution < 1.29 is 0 Å². The van der Waals surface area contributed by atoms with Crippen molar-refractivity contribution in [2.45, 2.75) is 54.0 Å². The van der Waals surface area contributed by atoms with Gasteiger partial charge in [0.1, 0.15) is 0 Å². The topological polar surface area (TPSA) is 18.5 Å². The highest BCUT2D eigenvalue weighted by Gasteiger charge is 2.27. The van der Waals surface area contributed by atoms with E-state index in [-0.39, 0.29) is 0 Å². The molecular formula is C17H37N3. The van der Waals surface area contributed by atoms with E-state index in [0.717, 1.165) is 12.5 Å². The zero-order valence-electron chi connectivity index (χ0n) is 14.7. The summed E-state index contributed by atoms with van der Waals surface area (Å²) in [6.07, 6.45) is 1.22. The fraction of sp³-hybridized carbons (Fsp3) is 1.00. The van der Waals surface area contributed by atoms with Crippen LogP contribution in [0.5, 0.6) is 0 Å². The minimum absolute atomic E-state index is 0.338. The van der Waals surface area contributed by atoms with Gasteiger partial charge in [-0.2, -0.15) is 0 Å². The Morgan fingerprint density at radius 2 is 1.45 bits per heavy atom. The Balaban J connectivity index is 2.39.